The first-order valence-electron chi connectivity index (χ1n) is 7.71. The van der Waals surface area contributed by atoms with Gasteiger partial charge in [-0.1, -0.05) is 0 Å². The van der Waals surface area contributed by atoms with E-state index in [4.69, 9.17) is 29.3 Å². The van der Waals surface area contributed by atoms with Gasteiger partial charge in [0.2, 0.25) is 0 Å². The van der Waals surface area contributed by atoms with Crippen molar-refractivity contribution in [3.63, 3.8) is 0 Å². The van der Waals surface area contributed by atoms with Crippen LogP contribution >= 0.6 is 0 Å². The topological polar surface area (TPSA) is 36.9 Å². The molecule has 0 fully saturated rings. The summed E-state index contributed by atoms with van der Waals surface area (Å²) in [7, 11) is -11.4. The zero-order valence-corrected chi connectivity index (χ0v) is 21.3. The van der Waals surface area contributed by atoms with E-state index in [0.717, 1.165) is 0 Å². The van der Waals surface area contributed by atoms with E-state index in [0.29, 0.717) is 0 Å². The summed E-state index contributed by atoms with van der Waals surface area (Å²) in [5, 5.41) is 0. The Labute approximate surface area is 148 Å². The Kier molecular flexibility index (Phi) is 7.53. The van der Waals surface area contributed by atoms with Crippen LogP contribution in [-0.2, 0) is 16.5 Å². The smallest absolute Gasteiger partial charge is 0.314 e. The third-order valence-electron chi connectivity index (χ3n) is 2.68. The fraction of sp³-hybridized carbons (Fsp3) is 0.714. The first-order chi connectivity index (χ1) is 9.95. The molecule has 132 valence electrons. The van der Waals surface area contributed by atoms with Crippen LogP contribution in [0.25, 0.3) is 0 Å². The summed E-state index contributed by atoms with van der Waals surface area (Å²) in [6.45, 7) is 20.1. The van der Waals surface area contributed by atoms with Gasteiger partial charge in [0.05, 0.1) is 0 Å². The quantitative estimate of drug-likeness (QED) is 0.454. The molecule has 4 nitrogen and oxygen atoms in total. The Bertz CT molecular complexity index is 456. The molecule has 0 rings (SSSR count). The second-order valence-electron chi connectivity index (χ2n) is 7.92. The summed E-state index contributed by atoms with van der Waals surface area (Å²) in [4.78, 5) is 0. The molecule has 23 heavy (non-hydrogen) atoms. The summed E-state index contributed by atoms with van der Waals surface area (Å²) < 4.78 is 25.0. The number of hydrogen-bond donors (Lipinski definition) is 0. The van der Waals surface area contributed by atoms with Crippen molar-refractivity contribution in [2.24, 2.45) is 0 Å². The van der Waals surface area contributed by atoms with E-state index in [1.54, 1.807) is 0 Å². The third-order valence-corrected chi connectivity index (χ3v) is 20.0. The molecule has 0 aromatic heterocycles. The molecule has 0 aliphatic rings. The van der Waals surface area contributed by atoms with Gasteiger partial charge in [-0.3, -0.25) is 0 Å². The SMILES string of the molecule is C#C[Si](C)(C)O[Si](C)(C)O[Si](C)(C)O[Si](C)(C)O[Si](C)(C)C#C. The minimum absolute atomic E-state index is 2.00. The van der Waals surface area contributed by atoms with Crippen LogP contribution in [0.1, 0.15) is 0 Å². The number of rotatable bonds is 8. The van der Waals surface area contributed by atoms with Crippen molar-refractivity contribution < 1.29 is 16.5 Å². The molecule has 0 N–H and O–H groups in total. The lowest BCUT2D eigenvalue weighted by molar-refractivity contribution is 0.301. The van der Waals surface area contributed by atoms with Gasteiger partial charge in [-0.15, -0.1) is 23.9 Å². The van der Waals surface area contributed by atoms with E-state index < -0.39 is 42.3 Å². The van der Waals surface area contributed by atoms with Crippen molar-refractivity contribution in [2.45, 2.75) is 65.5 Å². The molecule has 0 amide bonds. The molecular weight excluding hydrogens is 373 g/mol. The zero-order chi connectivity index (χ0) is 18.7. The van der Waals surface area contributed by atoms with Gasteiger partial charge in [-0.2, -0.15) is 0 Å². The first kappa shape index (κ1) is 23.0. The molecule has 0 aromatic carbocycles. The van der Waals surface area contributed by atoms with E-state index in [-0.39, 0.29) is 0 Å². The molecule has 0 aliphatic heterocycles. The van der Waals surface area contributed by atoms with Gasteiger partial charge in [0.1, 0.15) is 0 Å². The van der Waals surface area contributed by atoms with E-state index in [1.165, 1.54) is 0 Å². The van der Waals surface area contributed by atoms with Crippen LogP contribution in [0, 0.1) is 23.9 Å². The molecule has 0 spiro atoms. The van der Waals surface area contributed by atoms with Crippen LogP contribution in [0.15, 0.2) is 0 Å². The van der Waals surface area contributed by atoms with Crippen molar-refractivity contribution in [3.05, 3.63) is 0 Å². The largest absolute Gasteiger partial charge is 0.427 e. The predicted molar refractivity (Wildman–Crippen MR) is 109 cm³/mol. The molecule has 0 unspecified atom stereocenters. The van der Waals surface area contributed by atoms with E-state index >= 15 is 0 Å². The highest BCUT2D eigenvalue weighted by Gasteiger charge is 2.45. The maximum atomic E-state index is 6.34. The highest BCUT2D eigenvalue weighted by atomic mass is 28.5. The molecule has 0 radical (unpaired) electrons. The van der Waals surface area contributed by atoms with Crippen LogP contribution < -0.4 is 0 Å². The molecule has 0 saturated carbocycles. The van der Waals surface area contributed by atoms with Crippen LogP contribution in [-0.4, -0.2) is 42.3 Å². The predicted octanol–water partition coefficient (Wildman–Crippen LogP) is 3.91. The lowest BCUT2D eigenvalue weighted by atomic mass is 11.4. The van der Waals surface area contributed by atoms with Gasteiger partial charge in [-0.25, -0.2) is 0 Å². The second kappa shape index (κ2) is 7.51. The highest BCUT2D eigenvalue weighted by molar-refractivity contribution is 6.93. The van der Waals surface area contributed by atoms with Crippen molar-refractivity contribution >= 4 is 42.3 Å². The fourth-order valence-corrected chi connectivity index (χ4v) is 23.9. The average molecular weight is 405 g/mol. The molecule has 0 atom stereocenters. The lowest BCUT2D eigenvalue weighted by Crippen LogP contribution is -2.58. The van der Waals surface area contributed by atoms with Gasteiger partial charge in [0.25, 0.3) is 16.6 Å². The van der Waals surface area contributed by atoms with Crippen molar-refractivity contribution in [2.75, 3.05) is 0 Å². The lowest BCUT2D eigenvalue weighted by Gasteiger charge is -2.40. The van der Waals surface area contributed by atoms with Gasteiger partial charge in [-0.05, 0) is 65.5 Å². The maximum Gasteiger partial charge on any atom is 0.314 e. The summed E-state index contributed by atoms with van der Waals surface area (Å²) in [5.74, 6) is 0. The maximum absolute atomic E-state index is 6.34. The minimum Gasteiger partial charge on any atom is -0.427 e. The van der Waals surface area contributed by atoms with Gasteiger partial charge in [0, 0.05) is 0 Å². The molecule has 0 heterocycles. The van der Waals surface area contributed by atoms with Gasteiger partial charge < -0.3 is 16.5 Å². The van der Waals surface area contributed by atoms with E-state index in [2.05, 4.69) is 11.1 Å². The third kappa shape index (κ3) is 9.81. The van der Waals surface area contributed by atoms with E-state index in [1.807, 2.05) is 65.5 Å². The van der Waals surface area contributed by atoms with E-state index in [9.17, 15) is 0 Å². The van der Waals surface area contributed by atoms with Gasteiger partial charge in [0.15, 0.2) is 0 Å². The molecule has 9 heteroatoms. The Hall–Kier alpha value is 0.0444. The normalized spacial score (nSPS) is 14.3. The molecule has 0 bridgehead atoms. The zero-order valence-electron chi connectivity index (χ0n) is 16.3. The van der Waals surface area contributed by atoms with Crippen molar-refractivity contribution in [1.29, 1.82) is 0 Å². The highest BCUT2D eigenvalue weighted by Crippen LogP contribution is 2.25. The molecular formula is C14H32O4Si5. The van der Waals surface area contributed by atoms with Crippen molar-refractivity contribution in [1.82, 2.24) is 0 Å². The number of terminal acetylenes is 2. The number of hydrogen-bond acceptors (Lipinski definition) is 4. The van der Waals surface area contributed by atoms with Crippen LogP contribution in [0.3, 0.4) is 0 Å². The van der Waals surface area contributed by atoms with Crippen LogP contribution in [0.5, 0.6) is 0 Å². The average Bonchev–Trinajstić information content (AvgIpc) is 2.22. The summed E-state index contributed by atoms with van der Waals surface area (Å²) >= 11 is 0. The monoisotopic (exact) mass is 404 g/mol. The standard InChI is InChI=1S/C14H32O4Si5/c1-13-19(3,4)15-21(7,8)17-23(11,12)18-22(9,10)16-20(5,6)14-2/h1-2H,3-12H3. The Morgan fingerprint density at radius 2 is 0.696 bits per heavy atom. The van der Waals surface area contributed by atoms with Crippen LogP contribution in [0.4, 0.5) is 0 Å². The van der Waals surface area contributed by atoms with Gasteiger partial charge >= 0.3 is 25.7 Å². The molecule has 0 aromatic rings. The summed E-state index contributed by atoms with van der Waals surface area (Å²) in [6, 6.07) is 0. The fourth-order valence-electron chi connectivity index (χ4n) is 2.53. The minimum atomic E-state index is -2.42. The first-order valence-corrected chi connectivity index (χ1v) is 22.0. The Morgan fingerprint density at radius 3 is 0.913 bits per heavy atom. The van der Waals surface area contributed by atoms with Crippen molar-refractivity contribution in [3.8, 4) is 23.9 Å². The summed E-state index contributed by atoms with van der Waals surface area (Å²) in [5.41, 5.74) is 5.57. The summed E-state index contributed by atoms with van der Waals surface area (Å²) in [6.07, 6.45) is 11.1. The second-order valence-corrected chi connectivity index (χ2v) is 26.2. The Morgan fingerprint density at radius 1 is 0.478 bits per heavy atom. The molecule has 0 saturated heterocycles. The molecule has 0 aliphatic carbocycles. The Balaban J connectivity index is 5.01. The van der Waals surface area contributed by atoms with Crippen LogP contribution in [0.2, 0.25) is 65.5 Å².